The van der Waals surface area contributed by atoms with Gasteiger partial charge in [-0.25, -0.2) is 4.98 Å². The van der Waals surface area contributed by atoms with E-state index >= 15 is 0 Å². The van der Waals surface area contributed by atoms with E-state index in [0.717, 1.165) is 11.4 Å². The predicted octanol–water partition coefficient (Wildman–Crippen LogP) is 3.80. The second-order valence-electron chi connectivity index (χ2n) is 4.93. The van der Waals surface area contributed by atoms with Crippen molar-refractivity contribution in [1.82, 2.24) is 4.98 Å². The molecule has 24 heavy (non-hydrogen) atoms. The first-order chi connectivity index (χ1) is 11.7. The number of carbonyl (C=O) groups excluding carboxylic acids is 2. The number of nitrogens with one attached hydrogen (secondary N) is 2. The number of furan rings is 1. The summed E-state index contributed by atoms with van der Waals surface area (Å²) in [5.41, 5.74) is 1.25. The quantitative estimate of drug-likeness (QED) is 0.739. The van der Waals surface area contributed by atoms with E-state index in [4.69, 9.17) is 4.42 Å². The SMILES string of the molecule is CCc1ncc(C(=O)Nc2ccc(NC(=O)c3ccco3)cc2)s1. The summed E-state index contributed by atoms with van der Waals surface area (Å²) in [6.45, 7) is 2.00. The molecule has 2 amide bonds. The van der Waals surface area contributed by atoms with Gasteiger partial charge >= 0.3 is 0 Å². The molecular weight excluding hydrogens is 326 g/mol. The summed E-state index contributed by atoms with van der Waals surface area (Å²) in [5, 5.41) is 6.45. The van der Waals surface area contributed by atoms with Gasteiger partial charge in [-0.05, 0) is 42.8 Å². The van der Waals surface area contributed by atoms with Gasteiger partial charge in [-0.1, -0.05) is 6.92 Å². The first-order valence-corrected chi connectivity index (χ1v) is 8.18. The molecule has 0 bridgehead atoms. The smallest absolute Gasteiger partial charge is 0.291 e. The standard InChI is InChI=1S/C17H15N3O3S/c1-2-15-18-10-14(24-15)17(22)20-12-7-5-11(6-8-12)19-16(21)13-4-3-9-23-13/h3-10H,2H2,1H3,(H,19,21)(H,20,22). The molecule has 0 unspecified atom stereocenters. The number of aryl methyl sites for hydroxylation is 1. The number of hydrogen-bond acceptors (Lipinski definition) is 5. The van der Waals surface area contributed by atoms with E-state index in [1.54, 1.807) is 42.6 Å². The lowest BCUT2D eigenvalue weighted by atomic mass is 10.2. The van der Waals surface area contributed by atoms with Crippen LogP contribution < -0.4 is 10.6 Å². The lowest BCUT2D eigenvalue weighted by Crippen LogP contribution is -2.12. The van der Waals surface area contributed by atoms with Gasteiger partial charge in [0.25, 0.3) is 11.8 Å². The molecule has 0 spiro atoms. The van der Waals surface area contributed by atoms with Gasteiger partial charge in [0.05, 0.1) is 17.5 Å². The summed E-state index contributed by atoms with van der Waals surface area (Å²) >= 11 is 1.38. The summed E-state index contributed by atoms with van der Waals surface area (Å²) in [6.07, 6.45) is 3.83. The minimum absolute atomic E-state index is 0.195. The lowest BCUT2D eigenvalue weighted by Gasteiger charge is -2.06. The fourth-order valence-corrected chi connectivity index (χ4v) is 2.76. The van der Waals surface area contributed by atoms with Crippen LogP contribution in [-0.2, 0) is 6.42 Å². The number of anilines is 2. The summed E-state index contributed by atoms with van der Waals surface area (Å²) in [4.78, 5) is 28.8. The molecule has 2 N–H and O–H groups in total. The number of amides is 2. The molecule has 6 nitrogen and oxygen atoms in total. The highest BCUT2D eigenvalue weighted by atomic mass is 32.1. The molecule has 1 aromatic carbocycles. The van der Waals surface area contributed by atoms with Gasteiger partial charge in [-0.2, -0.15) is 0 Å². The Morgan fingerprint density at radius 3 is 2.29 bits per heavy atom. The van der Waals surface area contributed by atoms with E-state index < -0.39 is 0 Å². The van der Waals surface area contributed by atoms with Crippen molar-refractivity contribution in [3.8, 4) is 0 Å². The molecule has 7 heteroatoms. The van der Waals surface area contributed by atoms with Crippen molar-refractivity contribution in [2.75, 3.05) is 10.6 Å². The van der Waals surface area contributed by atoms with E-state index in [1.807, 2.05) is 6.92 Å². The van der Waals surface area contributed by atoms with Crippen LogP contribution in [0.3, 0.4) is 0 Å². The Hall–Kier alpha value is -2.93. The normalized spacial score (nSPS) is 10.4. The van der Waals surface area contributed by atoms with Crippen molar-refractivity contribution < 1.29 is 14.0 Å². The molecular formula is C17H15N3O3S. The van der Waals surface area contributed by atoms with E-state index in [-0.39, 0.29) is 17.6 Å². The van der Waals surface area contributed by atoms with E-state index in [9.17, 15) is 9.59 Å². The minimum atomic E-state index is -0.325. The maximum Gasteiger partial charge on any atom is 0.291 e. The predicted molar refractivity (Wildman–Crippen MR) is 92.5 cm³/mol. The molecule has 0 aliphatic heterocycles. The maximum absolute atomic E-state index is 12.1. The third-order valence-electron chi connectivity index (χ3n) is 3.23. The average Bonchev–Trinajstić information content (AvgIpc) is 3.28. The molecule has 0 fully saturated rings. The molecule has 0 saturated heterocycles. The Bertz CT molecular complexity index is 838. The number of carbonyl (C=O) groups is 2. The third kappa shape index (κ3) is 3.69. The monoisotopic (exact) mass is 341 g/mol. The van der Waals surface area contributed by atoms with Gasteiger partial charge in [-0.15, -0.1) is 11.3 Å². The molecule has 0 saturated carbocycles. The van der Waals surface area contributed by atoms with Crippen molar-refractivity contribution in [2.24, 2.45) is 0 Å². The van der Waals surface area contributed by atoms with Crippen molar-refractivity contribution in [3.05, 3.63) is 64.5 Å². The number of aromatic nitrogens is 1. The van der Waals surface area contributed by atoms with Crippen molar-refractivity contribution in [3.63, 3.8) is 0 Å². The molecule has 2 aromatic heterocycles. The van der Waals surface area contributed by atoms with Gasteiger partial charge in [0, 0.05) is 11.4 Å². The van der Waals surface area contributed by atoms with Crippen LogP contribution in [0.5, 0.6) is 0 Å². The number of benzene rings is 1. The average molecular weight is 341 g/mol. The third-order valence-corrected chi connectivity index (χ3v) is 4.37. The van der Waals surface area contributed by atoms with Gasteiger partial charge in [0.15, 0.2) is 5.76 Å². The van der Waals surface area contributed by atoms with Gasteiger partial charge < -0.3 is 15.1 Å². The van der Waals surface area contributed by atoms with E-state index in [1.165, 1.54) is 17.6 Å². The molecule has 0 aliphatic rings. The molecule has 0 atom stereocenters. The maximum atomic E-state index is 12.1. The molecule has 2 heterocycles. The van der Waals surface area contributed by atoms with Crippen molar-refractivity contribution in [2.45, 2.75) is 13.3 Å². The van der Waals surface area contributed by atoms with Crippen LogP contribution in [0.2, 0.25) is 0 Å². The van der Waals surface area contributed by atoms with Gasteiger partial charge in [-0.3, -0.25) is 9.59 Å². The first-order valence-electron chi connectivity index (χ1n) is 7.36. The Morgan fingerprint density at radius 2 is 1.75 bits per heavy atom. The lowest BCUT2D eigenvalue weighted by molar-refractivity contribution is 0.0994. The van der Waals surface area contributed by atoms with Crippen LogP contribution in [0.15, 0.2) is 53.3 Å². The molecule has 122 valence electrons. The zero-order valence-corrected chi connectivity index (χ0v) is 13.7. The highest BCUT2D eigenvalue weighted by molar-refractivity contribution is 7.13. The summed E-state index contributed by atoms with van der Waals surface area (Å²) < 4.78 is 5.03. The van der Waals surface area contributed by atoms with Crippen molar-refractivity contribution in [1.29, 1.82) is 0 Å². The largest absolute Gasteiger partial charge is 0.459 e. The highest BCUT2D eigenvalue weighted by Crippen LogP contribution is 2.18. The summed E-state index contributed by atoms with van der Waals surface area (Å²) in [6, 6.07) is 10.1. The number of thiazole rings is 1. The van der Waals surface area contributed by atoms with E-state index in [0.29, 0.717) is 16.3 Å². The van der Waals surface area contributed by atoms with Gasteiger partial charge in [0.1, 0.15) is 4.88 Å². The number of rotatable bonds is 5. The minimum Gasteiger partial charge on any atom is -0.459 e. The molecule has 3 aromatic rings. The van der Waals surface area contributed by atoms with Crippen molar-refractivity contribution >= 4 is 34.5 Å². The number of nitrogens with zero attached hydrogens (tertiary/aromatic N) is 1. The Kier molecular flexibility index (Phi) is 4.72. The molecule has 0 radical (unpaired) electrons. The van der Waals surface area contributed by atoms with Crippen LogP contribution in [0, 0.1) is 0 Å². The topological polar surface area (TPSA) is 84.2 Å². The van der Waals surface area contributed by atoms with Crippen LogP contribution >= 0.6 is 11.3 Å². The second kappa shape index (κ2) is 7.10. The molecule has 3 rings (SSSR count). The van der Waals surface area contributed by atoms with Crippen LogP contribution in [0.25, 0.3) is 0 Å². The van der Waals surface area contributed by atoms with E-state index in [2.05, 4.69) is 15.6 Å². The van der Waals surface area contributed by atoms with Crippen LogP contribution in [0.1, 0.15) is 32.2 Å². The Labute approximate surface area is 142 Å². The van der Waals surface area contributed by atoms with Crippen LogP contribution in [0.4, 0.5) is 11.4 Å². The Balaban J connectivity index is 1.62. The fourth-order valence-electron chi connectivity index (χ4n) is 2.01. The second-order valence-corrected chi connectivity index (χ2v) is 6.05. The zero-order chi connectivity index (χ0) is 16.9. The summed E-state index contributed by atoms with van der Waals surface area (Å²) in [7, 11) is 0. The zero-order valence-electron chi connectivity index (χ0n) is 12.9. The van der Waals surface area contributed by atoms with Gasteiger partial charge in [0.2, 0.25) is 0 Å². The van der Waals surface area contributed by atoms with Crippen LogP contribution in [-0.4, -0.2) is 16.8 Å². The highest BCUT2D eigenvalue weighted by Gasteiger charge is 2.11. The Morgan fingerprint density at radius 1 is 1.08 bits per heavy atom. The number of hydrogen-bond donors (Lipinski definition) is 2. The molecule has 0 aliphatic carbocycles. The summed E-state index contributed by atoms with van der Waals surface area (Å²) in [5.74, 6) is -0.280. The first kappa shape index (κ1) is 15.9. The fraction of sp³-hybridized carbons (Fsp3) is 0.118.